The van der Waals surface area contributed by atoms with Crippen molar-refractivity contribution in [3.05, 3.63) is 24.0 Å². The Labute approximate surface area is 176 Å². The number of hydrogen-bond acceptors (Lipinski definition) is 4. The van der Waals surface area contributed by atoms with E-state index in [0.29, 0.717) is 37.5 Å². The summed E-state index contributed by atoms with van der Waals surface area (Å²) in [5.41, 5.74) is 0.430. The van der Waals surface area contributed by atoms with Gasteiger partial charge in [-0.05, 0) is 37.5 Å². The number of carbonyl (C=O) groups excluding carboxylic acids is 1. The van der Waals surface area contributed by atoms with Gasteiger partial charge in [0.2, 0.25) is 0 Å². The Morgan fingerprint density at radius 1 is 1.40 bits per heavy atom. The number of benzene rings is 1. The summed E-state index contributed by atoms with van der Waals surface area (Å²) in [5, 5.41) is 8.17. The van der Waals surface area contributed by atoms with Crippen molar-refractivity contribution in [3.8, 4) is 0 Å². The lowest BCUT2D eigenvalue weighted by atomic mass is 10.2. The number of urea groups is 1. The summed E-state index contributed by atoms with van der Waals surface area (Å²) < 4.78 is 28.0. The number of hydrogen-bond donors (Lipinski definition) is 1. The van der Waals surface area contributed by atoms with Crippen molar-refractivity contribution in [1.82, 2.24) is 4.90 Å². The molecular weight excluding hydrogens is 392 g/mol. The van der Waals surface area contributed by atoms with Crippen LogP contribution in [0.1, 0.15) is 52.9 Å². The molecule has 30 heavy (non-hydrogen) atoms. The number of amides is 2. The van der Waals surface area contributed by atoms with E-state index in [0.717, 1.165) is 24.4 Å². The minimum absolute atomic E-state index is 0.0612. The molecule has 0 saturated carbocycles. The number of halogens is 2. The number of unbranched alkanes of at least 4 members (excludes halogenated alkanes) is 1. The second-order valence-corrected chi connectivity index (χ2v) is 6.98. The lowest BCUT2D eigenvalue weighted by Gasteiger charge is -2.21. The molecule has 1 fully saturated rings. The molecule has 0 spiro atoms. The SMILES string of the molecule is CCC=N/C(CC)=N/N(OCCCC)c1cc(NC(=O)N2CC[C@@H](F)C2)ccc1F. The van der Waals surface area contributed by atoms with Gasteiger partial charge in [0.05, 0.1) is 13.2 Å². The first-order valence-electron chi connectivity index (χ1n) is 10.5. The van der Waals surface area contributed by atoms with Gasteiger partial charge in [-0.2, -0.15) is 0 Å². The van der Waals surface area contributed by atoms with Crippen molar-refractivity contribution in [3.63, 3.8) is 0 Å². The zero-order valence-corrected chi connectivity index (χ0v) is 17.9. The van der Waals surface area contributed by atoms with Gasteiger partial charge in [-0.25, -0.2) is 18.6 Å². The van der Waals surface area contributed by atoms with Crippen LogP contribution >= 0.6 is 0 Å². The number of anilines is 2. The molecule has 0 radical (unpaired) electrons. The second kappa shape index (κ2) is 12.2. The highest BCUT2D eigenvalue weighted by atomic mass is 19.1. The third-order valence-corrected chi connectivity index (χ3v) is 4.48. The van der Waals surface area contributed by atoms with Crippen molar-refractivity contribution >= 4 is 29.5 Å². The van der Waals surface area contributed by atoms with Gasteiger partial charge in [0.1, 0.15) is 11.9 Å². The Morgan fingerprint density at radius 3 is 2.83 bits per heavy atom. The predicted octanol–water partition coefficient (Wildman–Crippen LogP) is 5.14. The van der Waals surface area contributed by atoms with Crippen molar-refractivity contribution in [2.45, 2.75) is 59.0 Å². The first-order chi connectivity index (χ1) is 14.5. The number of rotatable bonds is 9. The molecule has 0 bridgehead atoms. The van der Waals surface area contributed by atoms with Gasteiger partial charge >= 0.3 is 6.03 Å². The molecule has 1 atom stereocenters. The Balaban J connectivity index is 2.25. The first-order valence-corrected chi connectivity index (χ1v) is 10.5. The number of nitrogens with zero attached hydrogens (tertiary/aromatic N) is 4. The molecule has 0 aromatic heterocycles. The molecule has 1 N–H and O–H groups in total. The molecule has 1 aliphatic rings. The van der Waals surface area contributed by atoms with E-state index in [2.05, 4.69) is 15.4 Å². The summed E-state index contributed by atoms with van der Waals surface area (Å²) >= 11 is 0. The molecule has 1 aromatic rings. The highest BCUT2D eigenvalue weighted by molar-refractivity contribution is 5.91. The average molecular weight is 424 g/mol. The molecule has 166 valence electrons. The summed E-state index contributed by atoms with van der Waals surface area (Å²) in [6.07, 6.45) is 4.04. The second-order valence-electron chi connectivity index (χ2n) is 6.98. The van der Waals surface area contributed by atoms with E-state index in [4.69, 9.17) is 4.84 Å². The number of carbonyl (C=O) groups is 1. The van der Waals surface area contributed by atoms with Crippen LogP contribution in [-0.4, -0.2) is 48.8 Å². The maximum Gasteiger partial charge on any atom is 0.321 e. The molecule has 0 unspecified atom stereocenters. The van der Waals surface area contributed by atoms with Gasteiger partial charge in [0, 0.05) is 24.9 Å². The van der Waals surface area contributed by atoms with Crippen molar-refractivity contribution < 1.29 is 18.4 Å². The number of aliphatic imine (C=N–C) groups is 1. The lowest BCUT2D eigenvalue weighted by Crippen LogP contribution is -2.33. The van der Waals surface area contributed by atoms with Crippen LogP contribution in [0.3, 0.4) is 0 Å². The molecule has 9 heteroatoms. The van der Waals surface area contributed by atoms with Crippen LogP contribution in [0.4, 0.5) is 25.0 Å². The molecule has 7 nitrogen and oxygen atoms in total. The van der Waals surface area contributed by atoms with E-state index in [-0.39, 0.29) is 12.2 Å². The third-order valence-electron chi connectivity index (χ3n) is 4.48. The molecule has 1 aromatic carbocycles. The van der Waals surface area contributed by atoms with Gasteiger partial charge < -0.3 is 10.2 Å². The molecule has 1 aliphatic heterocycles. The number of alkyl halides is 1. The Hall–Kier alpha value is -2.55. The van der Waals surface area contributed by atoms with Crippen LogP contribution < -0.4 is 10.5 Å². The lowest BCUT2D eigenvalue weighted by molar-refractivity contribution is 0.105. The minimum atomic E-state index is -1.01. The molecular formula is C21H31F2N5O2. The van der Waals surface area contributed by atoms with Crippen molar-refractivity contribution in [1.29, 1.82) is 0 Å². The summed E-state index contributed by atoms with van der Waals surface area (Å²) in [6, 6.07) is 3.71. The smallest absolute Gasteiger partial charge is 0.321 e. The maximum absolute atomic E-state index is 14.6. The summed E-state index contributed by atoms with van der Waals surface area (Å²) in [7, 11) is 0. The fourth-order valence-electron chi connectivity index (χ4n) is 2.78. The number of likely N-dealkylation sites (tertiary alicyclic amines) is 1. The van der Waals surface area contributed by atoms with Gasteiger partial charge in [-0.3, -0.25) is 4.84 Å². The van der Waals surface area contributed by atoms with Gasteiger partial charge in [0.25, 0.3) is 0 Å². The third kappa shape index (κ3) is 7.05. The largest absolute Gasteiger partial charge is 0.322 e. The minimum Gasteiger partial charge on any atom is -0.322 e. The van der Waals surface area contributed by atoms with Gasteiger partial charge in [0.15, 0.2) is 11.7 Å². The van der Waals surface area contributed by atoms with E-state index >= 15 is 0 Å². The predicted molar refractivity (Wildman–Crippen MR) is 116 cm³/mol. The highest BCUT2D eigenvalue weighted by Crippen LogP contribution is 2.26. The normalized spacial score (nSPS) is 17.0. The molecule has 0 aliphatic carbocycles. The van der Waals surface area contributed by atoms with Crippen molar-refractivity contribution in [2.24, 2.45) is 10.1 Å². The molecule has 2 amide bonds. The van der Waals surface area contributed by atoms with E-state index < -0.39 is 18.0 Å². The Morgan fingerprint density at radius 2 is 2.20 bits per heavy atom. The first kappa shape index (κ1) is 23.7. The van der Waals surface area contributed by atoms with Gasteiger partial charge in [-0.1, -0.05) is 27.2 Å². The summed E-state index contributed by atoms with van der Waals surface area (Å²) in [6.45, 7) is 6.66. The van der Waals surface area contributed by atoms with E-state index in [1.165, 1.54) is 23.1 Å². The Kier molecular flexibility index (Phi) is 9.66. The van der Waals surface area contributed by atoms with Crippen LogP contribution in [0.25, 0.3) is 0 Å². The fourth-order valence-corrected chi connectivity index (χ4v) is 2.78. The molecule has 2 rings (SSSR count). The van der Waals surface area contributed by atoms with E-state index in [1.807, 2.05) is 20.8 Å². The van der Waals surface area contributed by atoms with Crippen LogP contribution in [0.5, 0.6) is 0 Å². The van der Waals surface area contributed by atoms with Crippen LogP contribution in [0.15, 0.2) is 28.3 Å². The topological polar surface area (TPSA) is 69.5 Å². The number of nitrogens with one attached hydrogen (secondary N) is 1. The highest BCUT2D eigenvalue weighted by Gasteiger charge is 2.26. The van der Waals surface area contributed by atoms with Crippen LogP contribution in [0, 0.1) is 5.82 Å². The summed E-state index contributed by atoms with van der Waals surface area (Å²) in [5.74, 6) is -0.0543. The number of hydrazone groups is 1. The molecule has 1 saturated heterocycles. The monoisotopic (exact) mass is 423 g/mol. The summed E-state index contributed by atoms with van der Waals surface area (Å²) in [4.78, 5) is 23.7. The average Bonchev–Trinajstić information content (AvgIpc) is 3.18. The van der Waals surface area contributed by atoms with E-state index in [1.54, 1.807) is 6.21 Å². The molecule has 1 heterocycles. The number of amidine groups is 1. The maximum atomic E-state index is 14.6. The fraction of sp³-hybridized carbons (Fsp3) is 0.571. The van der Waals surface area contributed by atoms with Crippen LogP contribution in [-0.2, 0) is 4.84 Å². The Bertz CT molecular complexity index is 757. The van der Waals surface area contributed by atoms with Crippen LogP contribution in [0.2, 0.25) is 0 Å². The van der Waals surface area contributed by atoms with Crippen molar-refractivity contribution in [2.75, 3.05) is 30.2 Å². The van der Waals surface area contributed by atoms with Gasteiger partial charge in [-0.15, -0.1) is 10.3 Å². The van der Waals surface area contributed by atoms with E-state index in [9.17, 15) is 13.6 Å². The quantitative estimate of drug-likeness (QED) is 0.259. The zero-order chi connectivity index (χ0) is 21.9. The standard InChI is InChI=1S/C21H31F2N5O2/c1-4-7-13-30-28(26-20(6-3)24-11-5-2)19-14-17(8-9-18(19)23)25-21(29)27-12-10-16(22)15-27/h8-9,11,14,16H,4-7,10,12-13,15H2,1-3H3,(H,25,29)/b24-11?,26-20+/t16-/m1/s1. The zero-order valence-electron chi connectivity index (χ0n) is 17.9.